The normalized spacial score (nSPS) is 17.6. The molecule has 2 aromatic carbocycles. The first-order chi connectivity index (χ1) is 13.0. The van der Waals surface area contributed by atoms with Crippen molar-refractivity contribution in [2.24, 2.45) is 0 Å². The minimum Gasteiger partial charge on any atom is -0.326 e. The number of amides is 4. The fourth-order valence-corrected chi connectivity index (χ4v) is 3.06. The van der Waals surface area contributed by atoms with Gasteiger partial charge in [-0.15, -0.1) is 0 Å². The lowest BCUT2D eigenvalue weighted by molar-refractivity contribution is -0.129. The summed E-state index contributed by atoms with van der Waals surface area (Å²) in [4.78, 5) is 38.1. The Morgan fingerprint density at radius 2 is 1.93 bits per heavy atom. The smallest absolute Gasteiger partial charge is 0.325 e. The Morgan fingerprint density at radius 3 is 2.63 bits per heavy atom. The zero-order valence-corrected chi connectivity index (χ0v) is 14.8. The van der Waals surface area contributed by atoms with E-state index in [0.717, 1.165) is 5.56 Å². The van der Waals surface area contributed by atoms with Gasteiger partial charge in [-0.25, -0.2) is 9.18 Å². The quantitative estimate of drug-likeness (QED) is 0.768. The highest BCUT2D eigenvalue weighted by Crippen LogP contribution is 2.25. The number of nitrogens with one attached hydrogen (secondary N) is 2. The number of halogens is 1. The molecule has 0 unspecified atom stereocenters. The fraction of sp³-hybridized carbons (Fsp3) is 0.250. The molecule has 3 rings (SSSR count). The highest BCUT2D eigenvalue weighted by molar-refractivity contribution is 6.05. The van der Waals surface area contributed by atoms with E-state index in [-0.39, 0.29) is 24.7 Å². The Kier molecular flexibility index (Phi) is 5.49. The first-order valence-corrected chi connectivity index (χ1v) is 8.69. The van der Waals surface area contributed by atoms with Gasteiger partial charge in [-0.3, -0.25) is 14.5 Å². The summed E-state index contributed by atoms with van der Waals surface area (Å²) >= 11 is 0. The van der Waals surface area contributed by atoms with Gasteiger partial charge in [-0.05, 0) is 37.1 Å². The van der Waals surface area contributed by atoms with Crippen LogP contribution in [0, 0.1) is 5.82 Å². The minimum atomic E-state index is -0.748. The molecule has 140 valence electrons. The van der Waals surface area contributed by atoms with Crippen molar-refractivity contribution >= 4 is 23.5 Å². The lowest BCUT2D eigenvalue weighted by Crippen LogP contribution is -2.34. The molecule has 2 N–H and O–H groups in total. The third kappa shape index (κ3) is 4.31. The topological polar surface area (TPSA) is 78.5 Å². The van der Waals surface area contributed by atoms with Crippen LogP contribution in [-0.2, 0) is 9.59 Å². The van der Waals surface area contributed by atoms with Crippen LogP contribution in [0.15, 0.2) is 54.6 Å². The van der Waals surface area contributed by atoms with Gasteiger partial charge in [-0.2, -0.15) is 0 Å². The lowest BCUT2D eigenvalue weighted by Gasteiger charge is -2.21. The van der Waals surface area contributed by atoms with E-state index in [1.165, 1.54) is 23.1 Å². The van der Waals surface area contributed by atoms with E-state index in [1.807, 2.05) is 30.3 Å². The summed E-state index contributed by atoms with van der Waals surface area (Å²) in [6.45, 7) is 1.78. The van der Waals surface area contributed by atoms with Gasteiger partial charge in [0, 0.05) is 12.1 Å². The summed E-state index contributed by atoms with van der Waals surface area (Å²) in [7, 11) is 0. The monoisotopic (exact) mass is 369 g/mol. The number of rotatable bonds is 6. The Bertz CT molecular complexity index is 857. The Labute approximate surface area is 156 Å². The van der Waals surface area contributed by atoms with Gasteiger partial charge in [-0.1, -0.05) is 36.4 Å². The second-order valence-electron chi connectivity index (χ2n) is 6.39. The third-order valence-corrected chi connectivity index (χ3v) is 4.49. The number of anilines is 1. The summed E-state index contributed by atoms with van der Waals surface area (Å²) in [6, 6.07) is 13.2. The van der Waals surface area contributed by atoms with Gasteiger partial charge in [0.25, 0.3) is 5.91 Å². The van der Waals surface area contributed by atoms with Crippen LogP contribution >= 0.6 is 0 Å². The molecule has 1 aliphatic rings. The second-order valence-corrected chi connectivity index (χ2v) is 6.39. The standard InChI is InChI=1S/C20H20FN3O3/c1-13(14-6-3-2-4-7-14)24-19(26)17(23-20(24)27)10-11-18(25)22-16-9-5-8-15(21)12-16/h2-9,12-13,17H,10-11H2,1H3,(H,22,25)(H,23,27)/t13-,17+/m1/s1. The van der Waals surface area contributed by atoms with Crippen molar-refractivity contribution in [3.63, 3.8) is 0 Å². The van der Waals surface area contributed by atoms with Crippen LogP contribution in [0.3, 0.4) is 0 Å². The summed E-state index contributed by atoms with van der Waals surface area (Å²) < 4.78 is 13.2. The van der Waals surface area contributed by atoms with E-state index < -0.39 is 23.9 Å². The van der Waals surface area contributed by atoms with Crippen molar-refractivity contribution in [1.82, 2.24) is 10.2 Å². The van der Waals surface area contributed by atoms with E-state index >= 15 is 0 Å². The highest BCUT2D eigenvalue weighted by atomic mass is 19.1. The number of benzene rings is 2. The molecule has 1 heterocycles. The molecule has 7 heteroatoms. The minimum absolute atomic E-state index is 0.0285. The molecule has 2 aromatic rings. The molecule has 0 bridgehead atoms. The number of hydrogen-bond donors (Lipinski definition) is 2. The van der Waals surface area contributed by atoms with Crippen molar-refractivity contribution in [3.05, 3.63) is 66.0 Å². The van der Waals surface area contributed by atoms with E-state index in [0.29, 0.717) is 5.69 Å². The van der Waals surface area contributed by atoms with E-state index in [9.17, 15) is 18.8 Å². The molecule has 0 saturated carbocycles. The zero-order valence-electron chi connectivity index (χ0n) is 14.8. The number of urea groups is 1. The molecule has 6 nitrogen and oxygen atoms in total. The Morgan fingerprint density at radius 1 is 1.19 bits per heavy atom. The van der Waals surface area contributed by atoms with Crippen LogP contribution in [0.25, 0.3) is 0 Å². The average molecular weight is 369 g/mol. The van der Waals surface area contributed by atoms with Crippen LogP contribution in [0.5, 0.6) is 0 Å². The molecular formula is C20H20FN3O3. The number of carbonyl (C=O) groups excluding carboxylic acids is 3. The number of carbonyl (C=O) groups is 3. The van der Waals surface area contributed by atoms with Crippen molar-refractivity contribution in [1.29, 1.82) is 0 Å². The molecule has 0 aromatic heterocycles. The number of hydrogen-bond acceptors (Lipinski definition) is 3. The van der Waals surface area contributed by atoms with Gasteiger partial charge in [0.1, 0.15) is 11.9 Å². The predicted molar refractivity (Wildman–Crippen MR) is 98.3 cm³/mol. The van der Waals surface area contributed by atoms with E-state index in [2.05, 4.69) is 10.6 Å². The van der Waals surface area contributed by atoms with Crippen LogP contribution in [0.2, 0.25) is 0 Å². The molecule has 4 amide bonds. The Hall–Kier alpha value is -3.22. The van der Waals surface area contributed by atoms with Gasteiger partial charge >= 0.3 is 6.03 Å². The van der Waals surface area contributed by atoms with Crippen molar-refractivity contribution in [3.8, 4) is 0 Å². The molecule has 1 saturated heterocycles. The largest absolute Gasteiger partial charge is 0.326 e. The summed E-state index contributed by atoms with van der Waals surface area (Å²) in [5, 5.41) is 5.21. The molecule has 0 radical (unpaired) electrons. The Balaban J connectivity index is 1.58. The van der Waals surface area contributed by atoms with Gasteiger partial charge in [0.05, 0.1) is 6.04 Å². The molecule has 1 fully saturated rings. The number of nitrogens with zero attached hydrogens (tertiary/aromatic N) is 1. The third-order valence-electron chi connectivity index (χ3n) is 4.49. The summed E-state index contributed by atoms with van der Waals surface area (Å²) in [5.41, 5.74) is 1.20. The zero-order chi connectivity index (χ0) is 19.4. The molecular weight excluding hydrogens is 349 g/mol. The van der Waals surface area contributed by atoms with Gasteiger partial charge in [0.15, 0.2) is 0 Å². The first-order valence-electron chi connectivity index (χ1n) is 8.69. The molecule has 0 aliphatic carbocycles. The second kappa shape index (κ2) is 7.99. The van der Waals surface area contributed by atoms with E-state index in [1.54, 1.807) is 13.0 Å². The van der Waals surface area contributed by atoms with Crippen molar-refractivity contribution < 1.29 is 18.8 Å². The molecule has 0 spiro atoms. The van der Waals surface area contributed by atoms with Crippen molar-refractivity contribution in [2.45, 2.75) is 31.8 Å². The SMILES string of the molecule is C[C@H](c1ccccc1)N1C(=O)N[C@@H](CCC(=O)Nc2cccc(F)c2)C1=O. The predicted octanol–water partition coefficient (Wildman–Crippen LogP) is 3.23. The number of imide groups is 1. The average Bonchev–Trinajstić information content (AvgIpc) is 2.94. The maximum Gasteiger partial charge on any atom is 0.325 e. The summed E-state index contributed by atoms with van der Waals surface area (Å²) in [6.07, 6.45) is 0.199. The van der Waals surface area contributed by atoms with Crippen LogP contribution in [-0.4, -0.2) is 28.8 Å². The maximum absolute atomic E-state index is 13.2. The van der Waals surface area contributed by atoms with Gasteiger partial charge in [0.2, 0.25) is 5.91 Å². The van der Waals surface area contributed by atoms with Crippen LogP contribution in [0.1, 0.15) is 31.4 Å². The molecule has 2 atom stereocenters. The fourth-order valence-electron chi connectivity index (χ4n) is 3.06. The molecule has 27 heavy (non-hydrogen) atoms. The highest BCUT2D eigenvalue weighted by Gasteiger charge is 2.40. The van der Waals surface area contributed by atoms with Crippen molar-refractivity contribution in [2.75, 3.05) is 5.32 Å². The van der Waals surface area contributed by atoms with Crippen LogP contribution < -0.4 is 10.6 Å². The maximum atomic E-state index is 13.2. The van der Waals surface area contributed by atoms with Gasteiger partial charge < -0.3 is 10.6 Å². The van der Waals surface area contributed by atoms with E-state index in [4.69, 9.17) is 0 Å². The summed E-state index contributed by atoms with van der Waals surface area (Å²) in [5.74, 6) is -1.15. The molecule has 1 aliphatic heterocycles. The first kappa shape index (κ1) is 18.6. The van der Waals surface area contributed by atoms with Crippen LogP contribution in [0.4, 0.5) is 14.9 Å². The lowest BCUT2D eigenvalue weighted by atomic mass is 10.1.